The number of nitrogens with one attached hydrogen (secondary N) is 1. The number of carbonyl (C=O) groups is 1. The summed E-state index contributed by atoms with van der Waals surface area (Å²) in [4.78, 5) is 15.1. The van der Waals surface area contributed by atoms with Gasteiger partial charge in [-0.05, 0) is 38.0 Å². The Hall–Kier alpha value is -1.07. The van der Waals surface area contributed by atoms with Crippen LogP contribution in [0, 0.1) is 0 Å². The summed E-state index contributed by atoms with van der Waals surface area (Å²) in [6.07, 6.45) is 3.26. The molecule has 0 saturated carbocycles. The number of fused-ring (bicyclic) bond motifs is 3. The smallest absolute Gasteiger partial charge is 0.225 e. The monoisotopic (exact) mass is 406 g/mol. The SMILES string of the molecule is CC(C)=CC[C@]12c3ccc(Br)cc3N[C@H]1N(C)C(=O)[C@H]2[Si](C)(C)C. The van der Waals surface area contributed by atoms with Gasteiger partial charge in [0.15, 0.2) is 0 Å². The standard InChI is InChI=1S/C19H27BrN2OSi/c1-12(2)9-10-19-14-8-7-13(20)11-15(14)21-18(19)22(3)17(23)16(19)24(4,5)6/h7-9,11,16,18,21H,10H2,1-6H3/t16-,18+,19-/m1/s1. The number of hydrogen-bond acceptors (Lipinski definition) is 2. The van der Waals surface area contributed by atoms with Crippen molar-refractivity contribution in [2.75, 3.05) is 12.4 Å². The van der Waals surface area contributed by atoms with Gasteiger partial charge >= 0.3 is 0 Å². The van der Waals surface area contributed by atoms with Crippen molar-refractivity contribution in [2.24, 2.45) is 0 Å². The minimum Gasteiger partial charge on any atom is -0.364 e. The fourth-order valence-electron chi connectivity index (χ4n) is 4.63. The highest BCUT2D eigenvalue weighted by molar-refractivity contribution is 9.10. The Bertz CT molecular complexity index is 721. The molecule has 0 bridgehead atoms. The Morgan fingerprint density at radius 2 is 2.04 bits per heavy atom. The first-order chi connectivity index (χ1) is 11.1. The van der Waals surface area contributed by atoms with Gasteiger partial charge in [0.05, 0.1) is 8.07 Å². The van der Waals surface area contributed by atoms with Gasteiger partial charge < -0.3 is 10.2 Å². The summed E-state index contributed by atoms with van der Waals surface area (Å²) in [5.74, 6) is 0.308. The van der Waals surface area contributed by atoms with Crippen molar-refractivity contribution in [1.29, 1.82) is 0 Å². The number of anilines is 1. The number of benzene rings is 1. The van der Waals surface area contributed by atoms with Crippen LogP contribution in [0.3, 0.4) is 0 Å². The van der Waals surface area contributed by atoms with E-state index in [1.807, 2.05) is 11.9 Å². The highest BCUT2D eigenvalue weighted by atomic mass is 79.9. The maximum atomic E-state index is 13.2. The fourth-order valence-corrected chi connectivity index (χ4v) is 7.91. The van der Waals surface area contributed by atoms with Gasteiger partial charge in [0.25, 0.3) is 0 Å². The molecule has 1 fully saturated rings. The van der Waals surface area contributed by atoms with E-state index >= 15 is 0 Å². The van der Waals surface area contributed by atoms with Gasteiger partial charge in [0, 0.05) is 28.2 Å². The van der Waals surface area contributed by atoms with Gasteiger partial charge in [-0.25, -0.2) is 0 Å². The Morgan fingerprint density at radius 1 is 1.38 bits per heavy atom. The van der Waals surface area contributed by atoms with Crippen LogP contribution >= 0.6 is 15.9 Å². The average molecular weight is 407 g/mol. The molecule has 1 N–H and O–H groups in total. The quantitative estimate of drug-likeness (QED) is 0.567. The number of amides is 1. The number of likely N-dealkylation sites (tertiary alicyclic amines) is 1. The lowest BCUT2D eigenvalue weighted by Gasteiger charge is -2.39. The predicted molar refractivity (Wildman–Crippen MR) is 107 cm³/mol. The van der Waals surface area contributed by atoms with Crippen molar-refractivity contribution in [2.45, 2.75) is 57.0 Å². The molecule has 130 valence electrons. The molecule has 0 aromatic heterocycles. The normalized spacial score (nSPS) is 28.5. The molecule has 3 atom stereocenters. The molecule has 0 spiro atoms. The molecule has 0 aliphatic carbocycles. The van der Waals surface area contributed by atoms with Crippen molar-refractivity contribution in [1.82, 2.24) is 4.90 Å². The van der Waals surface area contributed by atoms with E-state index in [0.29, 0.717) is 5.91 Å². The summed E-state index contributed by atoms with van der Waals surface area (Å²) in [6, 6.07) is 6.47. The van der Waals surface area contributed by atoms with Crippen LogP contribution in [0.25, 0.3) is 0 Å². The molecule has 5 heteroatoms. The van der Waals surface area contributed by atoms with Crippen molar-refractivity contribution in [3.8, 4) is 0 Å². The van der Waals surface area contributed by atoms with E-state index in [1.54, 1.807) is 0 Å². The summed E-state index contributed by atoms with van der Waals surface area (Å²) in [5.41, 5.74) is 3.71. The molecule has 0 radical (unpaired) electrons. The molecular weight excluding hydrogens is 380 g/mol. The number of rotatable bonds is 3. The fraction of sp³-hybridized carbons (Fsp3) is 0.526. The molecule has 3 nitrogen and oxygen atoms in total. The zero-order chi connectivity index (χ0) is 17.9. The first kappa shape index (κ1) is 17.7. The maximum Gasteiger partial charge on any atom is 0.225 e. The van der Waals surface area contributed by atoms with E-state index in [-0.39, 0.29) is 17.1 Å². The minimum atomic E-state index is -1.71. The van der Waals surface area contributed by atoms with Crippen LogP contribution < -0.4 is 5.32 Å². The van der Waals surface area contributed by atoms with E-state index in [4.69, 9.17) is 0 Å². The van der Waals surface area contributed by atoms with Gasteiger partial charge in [-0.2, -0.15) is 0 Å². The third-order valence-corrected chi connectivity index (χ3v) is 8.46. The molecule has 24 heavy (non-hydrogen) atoms. The topological polar surface area (TPSA) is 32.3 Å². The van der Waals surface area contributed by atoms with Crippen LogP contribution in [0.15, 0.2) is 34.3 Å². The van der Waals surface area contributed by atoms with Crippen LogP contribution in [-0.2, 0) is 10.2 Å². The van der Waals surface area contributed by atoms with E-state index in [0.717, 1.165) is 10.9 Å². The highest BCUT2D eigenvalue weighted by Crippen LogP contribution is 2.59. The zero-order valence-electron chi connectivity index (χ0n) is 15.4. The highest BCUT2D eigenvalue weighted by Gasteiger charge is 2.65. The number of carbonyl (C=O) groups excluding carboxylic acids is 1. The predicted octanol–water partition coefficient (Wildman–Crippen LogP) is 4.98. The zero-order valence-corrected chi connectivity index (χ0v) is 18.0. The lowest BCUT2D eigenvalue weighted by Crippen LogP contribution is -2.47. The Morgan fingerprint density at radius 3 is 2.62 bits per heavy atom. The third kappa shape index (κ3) is 2.48. The van der Waals surface area contributed by atoms with E-state index in [9.17, 15) is 4.79 Å². The molecule has 0 unspecified atom stereocenters. The van der Waals surface area contributed by atoms with E-state index in [2.05, 4.69) is 79.0 Å². The van der Waals surface area contributed by atoms with Crippen LogP contribution in [-0.4, -0.2) is 32.1 Å². The molecule has 2 heterocycles. The second-order valence-corrected chi connectivity index (χ2v) is 14.7. The van der Waals surface area contributed by atoms with Gasteiger partial charge in [-0.15, -0.1) is 0 Å². The first-order valence-corrected chi connectivity index (χ1v) is 12.9. The number of nitrogens with zero attached hydrogens (tertiary/aromatic N) is 1. The third-order valence-electron chi connectivity index (χ3n) is 5.47. The largest absolute Gasteiger partial charge is 0.364 e. The van der Waals surface area contributed by atoms with Crippen LogP contribution in [0.5, 0.6) is 0 Å². The summed E-state index contributed by atoms with van der Waals surface area (Å²) in [5, 5.41) is 3.65. The van der Waals surface area contributed by atoms with E-state index < -0.39 is 8.07 Å². The summed E-state index contributed by atoms with van der Waals surface area (Å²) < 4.78 is 1.07. The molecule has 1 aromatic rings. The van der Waals surface area contributed by atoms with Gasteiger partial charge in [-0.3, -0.25) is 4.79 Å². The number of halogens is 1. The lowest BCUT2D eigenvalue weighted by molar-refractivity contribution is -0.127. The van der Waals surface area contributed by atoms with Crippen molar-refractivity contribution in [3.63, 3.8) is 0 Å². The molecule has 1 saturated heterocycles. The van der Waals surface area contributed by atoms with Crippen LogP contribution in [0.2, 0.25) is 25.2 Å². The van der Waals surface area contributed by atoms with Crippen LogP contribution in [0.4, 0.5) is 5.69 Å². The molecule has 1 aromatic carbocycles. The summed E-state index contributed by atoms with van der Waals surface area (Å²) in [6.45, 7) is 11.3. The van der Waals surface area contributed by atoms with Gasteiger partial charge in [-0.1, -0.05) is 53.3 Å². The van der Waals surface area contributed by atoms with E-state index in [1.165, 1.54) is 16.8 Å². The molecule has 1 amide bonds. The Kier molecular flexibility index (Phi) is 4.24. The number of hydrogen-bond donors (Lipinski definition) is 1. The second-order valence-electron chi connectivity index (χ2n) is 8.51. The van der Waals surface area contributed by atoms with Gasteiger partial charge in [0.2, 0.25) is 5.91 Å². The van der Waals surface area contributed by atoms with Crippen molar-refractivity contribution < 1.29 is 4.79 Å². The molecule has 2 aliphatic heterocycles. The van der Waals surface area contributed by atoms with Gasteiger partial charge in [0.1, 0.15) is 6.17 Å². The lowest BCUT2D eigenvalue weighted by atomic mass is 9.75. The number of allylic oxidation sites excluding steroid dienone is 2. The van der Waals surface area contributed by atoms with Crippen LogP contribution in [0.1, 0.15) is 25.8 Å². The minimum absolute atomic E-state index is 0.0432. The molecular formula is C19H27BrN2OSi. The van der Waals surface area contributed by atoms with Crippen molar-refractivity contribution in [3.05, 3.63) is 39.9 Å². The molecule has 3 rings (SSSR count). The Balaban J connectivity index is 2.26. The molecule has 2 aliphatic rings. The second kappa shape index (κ2) is 5.73. The first-order valence-electron chi connectivity index (χ1n) is 8.55. The number of likely N-dealkylation sites (N-methyl/N-ethyl adjacent to an activating group) is 1. The average Bonchev–Trinajstić information content (AvgIpc) is 2.87. The van der Waals surface area contributed by atoms with Crippen molar-refractivity contribution >= 4 is 35.6 Å². The summed E-state index contributed by atoms with van der Waals surface area (Å²) in [7, 11) is 0.243. The maximum absolute atomic E-state index is 13.2. The summed E-state index contributed by atoms with van der Waals surface area (Å²) >= 11 is 3.58. The Labute approximate surface area is 154 Å².